The van der Waals surface area contributed by atoms with Crippen molar-refractivity contribution in [2.45, 2.75) is 45.8 Å². The summed E-state index contributed by atoms with van der Waals surface area (Å²) >= 11 is 0. The van der Waals surface area contributed by atoms with Crippen LogP contribution in [0.1, 0.15) is 46.6 Å². The van der Waals surface area contributed by atoms with Gasteiger partial charge in [0.1, 0.15) is 6.04 Å². The van der Waals surface area contributed by atoms with Crippen LogP contribution in [0, 0.1) is 13.8 Å². The summed E-state index contributed by atoms with van der Waals surface area (Å²) in [5, 5.41) is 13.9. The van der Waals surface area contributed by atoms with E-state index in [1.807, 2.05) is 48.0 Å². The molecule has 0 saturated carbocycles. The number of rotatable bonds is 5. The van der Waals surface area contributed by atoms with Gasteiger partial charge in [0, 0.05) is 28.2 Å². The van der Waals surface area contributed by atoms with Crippen LogP contribution in [0.15, 0.2) is 77.6 Å². The first-order chi connectivity index (χ1) is 17.5. The fraction of sp³-hybridized carbons (Fsp3) is 0.241. The number of aromatic nitrogens is 5. The second kappa shape index (κ2) is 8.75. The molecule has 0 unspecified atom stereocenters. The molecule has 1 N–H and O–H groups in total. The van der Waals surface area contributed by atoms with Gasteiger partial charge in [0.05, 0.1) is 6.54 Å². The number of hydrogen-bond donors (Lipinski definition) is 1. The molecule has 7 heteroatoms. The predicted molar refractivity (Wildman–Crippen MR) is 141 cm³/mol. The number of hydrogen-bond acceptors (Lipinski definition) is 5. The maximum Gasteiger partial charge on any atom is 0.254 e. The Morgan fingerprint density at radius 1 is 1.03 bits per heavy atom. The third kappa shape index (κ3) is 3.77. The number of anilines is 1. The minimum atomic E-state index is -0.448. The van der Waals surface area contributed by atoms with Gasteiger partial charge in [0.15, 0.2) is 5.82 Å². The summed E-state index contributed by atoms with van der Waals surface area (Å²) in [6, 6.07) is 24.4. The first-order valence-corrected chi connectivity index (χ1v) is 12.3. The zero-order chi connectivity index (χ0) is 24.8. The average Bonchev–Trinajstić information content (AvgIpc) is 3.44. The van der Waals surface area contributed by atoms with Gasteiger partial charge in [-0.1, -0.05) is 54.6 Å². The van der Waals surface area contributed by atoms with E-state index >= 15 is 0 Å². The number of aromatic amines is 1. The van der Waals surface area contributed by atoms with E-state index in [1.165, 1.54) is 5.56 Å². The first kappa shape index (κ1) is 22.2. The fourth-order valence-electron chi connectivity index (χ4n) is 5.57. The van der Waals surface area contributed by atoms with E-state index in [2.05, 4.69) is 75.7 Å². The molecule has 0 spiro atoms. The molecule has 0 amide bonds. The van der Waals surface area contributed by atoms with Crippen LogP contribution >= 0.6 is 0 Å². The molecule has 0 aliphatic carbocycles. The minimum absolute atomic E-state index is 0.122. The van der Waals surface area contributed by atoms with Gasteiger partial charge < -0.3 is 9.88 Å². The molecule has 6 rings (SSSR count). The van der Waals surface area contributed by atoms with Crippen molar-refractivity contribution in [1.82, 2.24) is 25.2 Å². The summed E-state index contributed by atoms with van der Waals surface area (Å²) in [4.78, 5) is 19.1. The van der Waals surface area contributed by atoms with E-state index in [9.17, 15) is 4.79 Å². The lowest BCUT2D eigenvalue weighted by Gasteiger charge is -2.33. The molecule has 2 aromatic heterocycles. The Bertz CT molecular complexity index is 1620. The molecule has 2 atom stereocenters. The Morgan fingerprint density at radius 3 is 2.64 bits per heavy atom. The zero-order valence-corrected chi connectivity index (χ0v) is 20.6. The lowest BCUT2D eigenvalue weighted by molar-refractivity contribution is 0.544. The van der Waals surface area contributed by atoms with Crippen molar-refractivity contribution in [3.63, 3.8) is 0 Å². The molecule has 5 aromatic rings. The molecule has 0 bridgehead atoms. The van der Waals surface area contributed by atoms with E-state index in [4.69, 9.17) is 0 Å². The molecular weight excluding hydrogens is 448 g/mol. The highest BCUT2D eigenvalue weighted by Gasteiger charge is 2.38. The fourth-order valence-corrected chi connectivity index (χ4v) is 5.57. The third-order valence-corrected chi connectivity index (χ3v) is 7.15. The Morgan fingerprint density at radius 2 is 1.81 bits per heavy atom. The van der Waals surface area contributed by atoms with Crippen molar-refractivity contribution in [3.05, 3.63) is 117 Å². The summed E-state index contributed by atoms with van der Waals surface area (Å²) in [6.45, 7) is 6.84. The maximum atomic E-state index is 13.7. The monoisotopic (exact) mass is 476 g/mol. The van der Waals surface area contributed by atoms with E-state index in [0.29, 0.717) is 17.9 Å². The van der Waals surface area contributed by atoms with E-state index in [-0.39, 0.29) is 11.6 Å². The van der Waals surface area contributed by atoms with Crippen molar-refractivity contribution < 1.29 is 0 Å². The van der Waals surface area contributed by atoms with E-state index in [0.717, 1.165) is 39.7 Å². The second-order valence-corrected chi connectivity index (χ2v) is 9.77. The molecule has 1 aliphatic rings. The zero-order valence-electron chi connectivity index (χ0n) is 20.6. The number of aryl methyl sites for hydroxylation is 2. The topological polar surface area (TPSA) is 79.7 Å². The first-order valence-electron chi connectivity index (χ1n) is 12.3. The van der Waals surface area contributed by atoms with E-state index < -0.39 is 6.04 Å². The Kier molecular flexibility index (Phi) is 5.40. The van der Waals surface area contributed by atoms with Crippen LogP contribution in [0.25, 0.3) is 10.9 Å². The normalized spacial score (nSPS) is 15.9. The van der Waals surface area contributed by atoms with Crippen LogP contribution in [-0.4, -0.2) is 31.2 Å². The van der Waals surface area contributed by atoms with Crippen LogP contribution in [0.3, 0.4) is 0 Å². The third-order valence-electron chi connectivity index (χ3n) is 7.15. The largest absolute Gasteiger partial charge is 0.354 e. The second-order valence-electron chi connectivity index (χ2n) is 9.77. The van der Waals surface area contributed by atoms with Gasteiger partial charge in [-0.3, -0.25) is 4.79 Å². The van der Waals surface area contributed by atoms with Gasteiger partial charge in [0.2, 0.25) is 0 Å². The lowest BCUT2D eigenvalue weighted by atomic mass is 9.99. The summed E-state index contributed by atoms with van der Waals surface area (Å²) in [5.41, 5.74) is 7.09. The van der Waals surface area contributed by atoms with Crippen LogP contribution < -0.4 is 10.5 Å². The number of pyridine rings is 1. The number of benzene rings is 3. The number of nitrogens with zero attached hydrogens (tertiary/aromatic N) is 5. The van der Waals surface area contributed by atoms with Crippen LogP contribution in [0.5, 0.6) is 0 Å². The van der Waals surface area contributed by atoms with Crippen molar-refractivity contribution >= 4 is 16.6 Å². The summed E-state index contributed by atoms with van der Waals surface area (Å²) in [7, 11) is 0. The Balaban J connectivity index is 1.57. The van der Waals surface area contributed by atoms with Crippen LogP contribution in [0.4, 0.5) is 5.69 Å². The van der Waals surface area contributed by atoms with E-state index in [1.54, 1.807) is 0 Å². The average molecular weight is 477 g/mol. The molecule has 0 saturated heterocycles. The molecule has 3 heterocycles. The maximum absolute atomic E-state index is 13.7. The van der Waals surface area contributed by atoms with Crippen molar-refractivity contribution in [2.75, 3.05) is 4.90 Å². The summed E-state index contributed by atoms with van der Waals surface area (Å²) in [6.07, 6.45) is 0.899. The highest BCUT2D eigenvalue weighted by Crippen LogP contribution is 2.40. The number of tetrazole rings is 1. The van der Waals surface area contributed by atoms with Crippen LogP contribution in [0.2, 0.25) is 0 Å². The SMILES string of the molecule is Cc1cc(C)c2cc([C@H](c3nnnn3Cc3ccccc3)N3c4ccccc4C[C@H]3C)c(=O)[nH]c2c1. The van der Waals surface area contributed by atoms with Gasteiger partial charge in [-0.05, 0) is 78.1 Å². The molecule has 1 aliphatic heterocycles. The van der Waals surface area contributed by atoms with Crippen molar-refractivity contribution in [3.8, 4) is 0 Å². The quantitative estimate of drug-likeness (QED) is 0.397. The molecule has 0 radical (unpaired) electrons. The number of fused-ring (bicyclic) bond motifs is 2. The molecule has 3 aromatic carbocycles. The summed E-state index contributed by atoms with van der Waals surface area (Å²) in [5.74, 6) is 0.650. The number of nitrogens with one attached hydrogen (secondary N) is 1. The Hall–Kier alpha value is -4.26. The molecule has 180 valence electrons. The predicted octanol–water partition coefficient (Wildman–Crippen LogP) is 4.72. The standard InChI is InChI=1S/C29H28N6O/c1-18-13-19(2)23-16-24(29(36)30-25(23)14-18)27(35-20(3)15-22-11-7-8-12-26(22)35)28-31-32-33-34(28)17-21-9-5-4-6-10-21/h4-14,16,20,27H,15,17H2,1-3H3,(H,30,36)/t20-,27-/m1/s1. The van der Waals surface area contributed by atoms with Crippen molar-refractivity contribution in [1.29, 1.82) is 0 Å². The minimum Gasteiger partial charge on any atom is -0.354 e. The smallest absolute Gasteiger partial charge is 0.254 e. The summed E-state index contributed by atoms with van der Waals surface area (Å²) < 4.78 is 1.82. The molecule has 36 heavy (non-hydrogen) atoms. The van der Waals surface area contributed by atoms with Gasteiger partial charge in [0.25, 0.3) is 5.56 Å². The molecular formula is C29H28N6O. The number of para-hydroxylation sites is 1. The van der Waals surface area contributed by atoms with Crippen LogP contribution in [-0.2, 0) is 13.0 Å². The number of H-pyrrole nitrogens is 1. The highest BCUT2D eigenvalue weighted by atomic mass is 16.1. The van der Waals surface area contributed by atoms with Gasteiger partial charge in [-0.25, -0.2) is 4.68 Å². The Labute approximate surface area is 209 Å². The highest BCUT2D eigenvalue weighted by molar-refractivity contribution is 5.83. The van der Waals surface area contributed by atoms with Crippen molar-refractivity contribution in [2.24, 2.45) is 0 Å². The molecule has 7 nitrogen and oxygen atoms in total. The van der Waals surface area contributed by atoms with Gasteiger partial charge in [-0.2, -0.15) is 0 Å². The van der Waals surface area contributed by atoms with Gasteiger partial charge in [-0.15, -0.1) is 5.10 Å². The lowest BCUT2D eigenvalue weighted by Crippen LogP contribution is -2.39. The molecule has 0 fully saturated rings. The van der Waals surface area contributed by atoms with Gasteiger partial charge >= 0.3 is 0 Å².